The zero-order valence-corrected chi connectivity index (χ0v) is 17.5. The Morgan fingerprint density at radius 1 is 1.10 bits per heavy atom. The summed E-state index contributed by atoms with van der Waals surface area (Å²) in [6.07, 6.45) is 1.68. The first-order valence-corrected chi connectivity index (χ1v) is 10.9. The number of anilines is 1. The van der Waals surface area contributed by atoms with E-state index in [4.69, 9.17) is 5.73 Å². The van der Waals surface area contributed by atoms with Gasteiger partial charge in [0.05, 0.1) is 11.7 Å². The van der Waals surface area contributed by atoms with E-state index in [-0.39, 0.29) is 30.3 Å². The molecule has 1 fully saturated rings. The highest BCUT2D eigenvalue weighted by molar-refractivity contribution is 7.99. The Morgan fingerprint density at radius 3 is 2.53 bits per heavy atom. The lowest BCUT2D eigenvalue weighted by molar-refractivity contribution is -0.128. The van der Waals surface area contributed by atoms with Crippen molar-refractivity contribution in [1.29, 1.82) is 0 Å². The van der Waals surface area contributed by atoms with E-state index in [1.165, 1.54) is 11.8 Å². The van der Waals surface area contributed by atoms with Gasteiger partial charge in [0, 0.05) is 36.6 Å². The summed E-state index contributed by atoms with van der Waals surface area (Å²) in [6.45, 7) is 1.15. The molecule has 1 saturated heterocycles. The Kier molecular flexibility index (Phi) is 7.73. The Labute approximate surface area is 180 Å². The maximum Gasteiger partial charge on any atom is 0.319 e. The number of nitrogens with two attached hydrogens (primary N) is 1. The third-order valence-corrected chi connectivity index (χ3v) is 5.90. The van der Waals surface area contributed by atoms with Crippen molar-refractivity contribution >= 4 is 35.3 Å². The number of primary amides is 1. The van der Waals surface area contributed by atoms with Gasteiger partial charge in [-0.15, -0.1) is 11.8 Å². The molecule has 1 heterocycles. The van der Waals surface area contributed by atoms with Crippen LogP contribution in [0.3, 0.4) is 0 Å². The summed E-state index contributed by atoms with van der Waals surface area (Å²) in [5, 5.41) is 5.90. The monoisotopic (exact) mass is 426 g/mol. The molecule has 2 aromatic carbocycles. The molecule has 4 amide bonds. The summed E-state index contributed by atoms with van der Waals surface area (Å²) in [5.41, 5.74) is 6.80. The summed E-state index contributed by atoms with van der Waals surface area (Å²) in [5.74, 6) is 0.307. The van der Waals surface area contributed by atoms with Crippen LogP contribution >= 0.6 is 11.8 Å². The molecule has 0 spiro atoms. The van der Waals surface area contributed by atoms with Gasteiger partial charge in [0.1, 0.15) is 0 Å². The molecule has 8 heteroatoms. The first kappa shape index (κ1) is 21.7. The summed E-state index contributed by atoms with van der Waals surface area (Å²) < 4.78 is 0. The van der Waals surface area contributed by atoms with Crippen molar-refractivity contribution in [1.82, 2.24) is 10.2 Å². The third-order valence-electron chi connectivity index (χ3n) is 4.82. The number of nitrogens with one attached hydrogen (secondary N) is 2. The molecule has 7 nitrogen and oxygen atoms in total. The van der Waals surface area contributed by atoms with Gasteiger partial charge < -0.3 is 21.3 Å². The highest BCUT2D eigenvalue weighted by Gasteiger charge is 2.25. The minimum Gasteiger partial charge on any atom is -0.370 e. The second-order valence-corrected chi connectivity index (χ2v) is 8.20. The molecular formula is C22H26N4O3S. The number of nitrogens with zero attached hydrogens (tertiary/aromatic N) is 1. The second kappa shape index (κ2) is 10.7. The first-order chi connectivity index (χ1) is 14.5. The Bertz CT molecular complexity index is 891. The van der Waals surface area contributed by atoms with Crippen LogP contribution in [0.2, 0.25) is 0 Å². The van der Waals surface area contributed by atoms with Crippen molar-refractivity contribution in [2.45, 2.75) is 30.2 Å². The topological polar surface area (TPSA) is 105 Å². The van der Waals surface area contributed by atoms with Crippen molar-refractivity contribution in [2.24, 2.45) is 5.73 Å². The molecule has 0 aromatic heterocycles. The number of likely N-dealkylation sites (tertiary alicyclic amines) is 1. The molecule has 2 aromatic rings. The first-order valence-electron chi connectivity index (χ1n) is 9.93. The van der Waals surface area contributed by atoms with Crippen LogP contribution in [0.25, 0.3) is 0 Å². The highest BCUT2D eigenvalue weighted by Crippen LogP contribution is 2.27. The zero-order valence-electron chi connectivity index (χ0n) is 16.7. The van der Waals surface area contributed by atoms with Crippen LogP contribution in [0.15, 0.2) is 59.5 Å². The molecule has 1 aliphatic rings. The predicted octanol–water partition coefficient (Wildman–Crippen LogP) is 3.14. The van der Waals surface area contributed by atoms with Crippen LogP contribution in [0.4, 0.5) is 10.5 Å². The van der Waals surface area contributed by atoms with Gasteiger partial charge in [-0.05, 0) is 24.1 Å². The van der Waals surface area contributed by atoms with E-state index in [0.717, 1.165) is 16.9 Å². The Hall–Kier alpha value is -3.00. The number of thioether (sulfide) groups is 1. The van der Waals surface area contributed by atoms with Crippen molar-refractivity contribution in [3.63, 3.8) is 0 Å². The van der Waals surface area contributed by atoms with Crippen molar-refractivity contribution < 1.29 is 14.4 Å². The second-order valence-electron chi connectivity index (χ2n) is 7.07. The fourth-order valence-electron chi connectivity index (χ4n) is 3.31. The van der Waals surface area contributed by atoms with Crippen molar-refractivity contribution in [3.05, 3.63) is 60.2 Å². The molecule has 158 valence electrons. The van der Waals surface area contributed by atoms with Gasteiger partial charge in [-0.25, -0.2) is 4.79 Å². The van der Waals surface area contributed by atoms with E-state index in [2.05, 4.69) is 10.6 Å². The van der Waals surface area contributed by atoms with Gasteiger partial charge in [-0.3, -0.25) is 9.59 Å². The fraction of sp³-hybridized carbons (Fsp3) is 0.318. The van der Waals surface area contributed by atoms with Crippen LogP contribution in [0.5, 0.6) is 0 Å². The number of rotatable bonds is 9. The largest absolute Gasteiger partial charge is 0.370 e. The van der Waals surface area contributed by atoms with E-state index in [0.29, 0.717) is 31.0 Å². The molecule has 0 radical (unpaired) electrons. The normalized spacial score (nSPS) is 14.4. The molecular weight excluding hydrogens is 400 g/mol. The van der Waals surface area contributed by atoms with Crippen LogP contribution < -0.4 is 16.4 Å². The van der Waals surface area contributed by atoms with E-state index in [1.54, 1.807) is 4.90 Å². The van der Waals surface area contributed by atoms with Crippen LogP contribution in [-0.4, -0.2) is 41.6 Å². The number of benzene rings is 2. The molecule has 3 rings (SSSR count). The maximum atomic E-state index is 12.8. The lowest BCUT2D eigenvalue weighted by Gasteiger charge is -2.25. The van der Waals surface area contributed by atoms with E-state index in [9.17, 15) is 14.4 Å². The molecule has 1 unspecified atom stereocenters. The maximum absolute atomic E-state index is 12.8. The third kappa shape index (κ3) is 6.25. The number of amides is 4. The standard InChI is InChI=1S/C22H26N4O3S/c23-20(27)12-14-30-19-10-5-4-9-17(19)24-22(29)25-18(16-7-2-1-3-8-16)15-26-13-6-11-21(26)28/h1-5,7-10,18H,6,11-15H2,(H2,23,27)(H2,24,25,29). The number of carbonyl (C=O) groups excluding carboxylic acids is 3. The minimum absolute atomic E-state index is 0.120. The summed E-state index contributed by atoms with van der Waals surface area (Å²) in [7, 11) is 0. The average molecular weight is 427 g/mol. The molecule has 30 heavy (non-hydrogen) atoms. The molecule has 0 aliphatic carbocycles. The zero-order chi connectivity index (χ0) is 21.3. The van der Waals surface area contributed by atoms with E-state index < -0.39 is 0 Å². The minimum atomic E-state index is -0.354. The number of hydrogen-bond acceptors (Lipinski definition) is 4. The lowest BCUT2D eigenvalue weighted by Crippen LogP contribution is -2.40. The van der Waals surface area contributed by atoms with Crippen molar-refractivity contribution in [3.8, 4) is 0 Å². The van der Waals surface area contributed by atoms with Crippen LogP contribution in [0.1, 0.15) is 30.9 Å². The number of urea groups is 1. The lowest BCUT2D eigenvalue weighted by atomic mass is 10.1. The highest BCUT2D eigenvalue weighted by atomic mass is 32.2. The van der Waals surface area contributed by atoms with E-state index in [1.807, 2.05) is 54.6 Å². The molecule has 1 atom stereocenters. The predicted molar refractivity (Wildman–Crippen MR) is 118 cm³/mol. The smallest absolute Gasteiger partial charge is 0.319 e. The number of carbonyl (C=O) groups is 3. The van der Waals surface area contributed by atoms with E-state index >= 15 is 0 Å². The van der Waals surface area contributed by atoms with Gasteiger partial charge in [-0.2, -0.15) is 0 Å². The van der Waals surface area contributed by atoms with Gasteiger partial charge in [-0.1, -0.05) is 42.5 Å². The van der Waals surface area contributed by atoms with Crippen LogP contribution in [0, 0.1) is 0 Å². The summed E-state index contributed by atoms with van der Waals surface area (Å²) >= 11 is 1.46. The fourth-order valence-corrected chi connectivity index (χ4v) is 4.28. The molecule has 4 N–H and O–H groups in total. The van der Waals surface area contributed by atoms with Gasteiger partial charge >= 0.3 is 6.03 Å². The Morgan fingerprint density at radius 2 is 1.83 bits per heavy atom. The van der Waals surface area contributed by atoms with Gasteiger partial charge in [0.15, 0.2) is 0 Å². The Balaban J connectivity index is 1.67. The molecule has 0 bridgehead atoms. The average Bonchev–Trinajstić information content (AvgIpc) is 3.13. The van der Waals surface area contributed by atoms with Crippen molar-refractivity contribution in [2.75, 3.05) is 24.2 Å². The summed E-state index contributed by atoms with van der Waals surface area (Å²) in [4.78, 5) is 38.5. The number of hydrogen-bond donors (Lipinski definition) is 3. The molecule has 1 aliphatic heterocycles. The van der Waals surface area contributed by atoms with Crippen LogP contribution in [-0.2, 0) is 9.59 Å². The molecule has 0 saturated carbocycles. The number of para-hydroxylation sites is 1. The summed E-state index contributed by atoms with van der Waals surface area (Å²) in [6, 6.07) is 16.4. The van der Waals surface area contributed by atoms with Gasteiger partial charge in [0.2, 0.25) is 11.8 Å². The SMILES string of the molecule is NC(=O)CCSc1ccccc1NC(=O)NC(CN1CCCC1=O)c1ccccc1. The van der Waals surface area contributed by atoms with Gasteiger partial charge in [0.25, 0.3) is 0 Å². The quantitative estimate of drug-likeness (QED) is 0.536.